The molecule has 92 valence electrons. The van der Waals surface area contributed by atoms with Crippen LogP contribution in [0.2, 0.25) is 0 Å². The van der Waals surface area contributed by atoms with Crippen LogP contribution in [0.1, 0.15) is 18.1 Å². The first-order valence-corrected chi connectivity index (χ1v) is 6.46. The second-order valence-corrected chi connectivity index (χ2v) is 4.96. The van der Waals surface area contributed by atoms with E-state index in [1.54, 1.807) is 13.0 Å². The number of hydrogen-bond acceptors (Lipinski definition) is 3. The summed E-state index contributed by atoms with van der Waals surface area (Å²) < 4.78 is 2.82. The number of benzene rings is 1. The topological polar surface area (TPSA) is 71.9 Å². The molecule has 0 atom stereocenters. The molecule has 18 heavy (non-hydrogen) atoms. The van der Waals surface area contributed by atoms with E-state index in [2.05, 4.69) is 28.7 Å². The first-order chi connectivity index (χ1) is 8.51. The molecule has 0 bridgehead atoms. The smallest absolute Gasteiger partial charge is 0.273 e. The molecule has 2 aromatic rings. The van der Waals surface area contributed by atoms with Crippen molar-refractivity contribution >= 4 is 39.2 Å². The van der Waals surface area contributed by atoms with E-state index in [4.69, 9.17) is 0 Å². The predicted molar refractivity (Wildman–Crippen MR) is 76.4 cm³/mol. The van der Waals surface area contributed by atoms with Crippen molar-refractivity contribution in [3.8, 4) is 6.07 Å². The lowest BCUT2D eigenvalue weighted by molar-refractivity contribution is -0.385. The van der Waals surface area contributed by atoms with Crippen LogP contribution in [-0.2, 0) is 6.54 Å². The van der Waals surface area contributed by atoms with Crippen LogP contribution in [0, 0.1) is 32.1 Å². The summed E-state index contributed by atoms with van der Waals surface area (Å²) in [6.45, 7) is 4.43. The SMILES string of the molecule is CCn1c(I)c(C#N)c2cc([N+](=O)[O-])c(C)cc21. The molecular formula is C12H10IN3O2. The molecule has 0 N–H and O–H groups in total. The molecule has 1 aromatic heterocycles. The molecule has 0 aliphatic heterocycles. The highest BCUT2D eigenvalue weighted by Gasteiger charge is 2.19. The Hall–Kier alpha value is -1.62. The van der Waals surface area contributed by atoms with E-state index in [1.807, 2.05) is 11.5 Å². The van der Waals surface area contributed by atoms with Crippen LogP contribution in [0.25, 0.3) is 10.9 Å². The molecule has 0 saturated carbocycles. The maximum absolute atomic E-state index is 10.9. The third kappa shape index (κ3) is 1.75. The Bertz CT molecular complexity index is 698. The quantitative estimate of drug-likeness (QED) is 0.471. The number of nitrogens with zero attached hydrogens (tertiary/aromatic N) is 3. The van der Waals surface area contributed by atoms with Gasteiger partial charge >= 0.3 is 0 Å². The number of halogens is 1. The van der Waals surface area contributed by atoms with E-state index >= 15 is 0 Å². The van der Waals surface area contributed by atoms with Gasteiger partial charge in [-0.15, -0.1) is 0 Å². The lowest BCUT2D eigenvalue weighted by Gasteiger charge is -2.03. The first-order valence-electron chi connectivity index (χ1n) is 5.38. The Kier molecular flexibility index (Phi) is 3.26. The standard InChI is InChI=1S/C12H10IN3O2/c1-3-15-11-4-7(2)10(16(17)18)5-8(11)9(6-14)12(15)13/h4-5H,3H2,1-2H3. The van der Waals surface area contributed by atoms with E-state index < -0.39 is 4.92 Å². The molecule has 1 aromatic carbocycles. The molecule has 0 amide bonds. The van der Waals surface area contributed by atoms with Crippen LogP contribution in [0.5, 0.6) is 0 Å². The highest BCUT2D eigenvalue weighted by Crippen LogP contribution is 2.32. The zero-order chi connectivity index (χ0) is 13.4. The lowest BCUT2D eigenvalue weighted by atomic mass is 10.1. The van der Waals surface area contributed by atoms with Crippen molar-refractivity contribution in [2.75, 3.05) is 0 Å². The zero-order valence-corrected chi connectivity index (χ0v) is 12.1. The second kappa shape index (κ2) is 4.57. The molecule has 0 unspecified atom stereocenters. The molecule has 0 spiro atoms. The van der Waals surface area contributed by atoms with Crippen LogP contribution < -0.4 is 0 Å². The maximum Gasteiger partial charge on any atom is 0.273 e. The van der Waals surface area contributed by atoms with E-state index in [0.29, 0.717) is 16.5 Å². The summed E-state index contributed by atoms with van der Waals surface area (Å²) in [5, 5.41) is 20.8. The average molecular weight is 355 g/mol. The van der Waals surface area contributed by atoms with Gasteiger partial charge in [0, 0.05) is 23.6 Å². The Morgan fingerprint density at radius 1 is 1.56 bits per heavy atom. The molecule has 0 radical (unpaired) electrons. The Morgan fingerprint density at radius 2 is 2.22 bits per heavy atom. The van der Waals surface area contributed by atoms with Crippen molar-refractivity contribution in [1.29, 1.82) is 5.26 Å². The highest BCUT2D eigenvalue weighted by atomic mass is 127. The second-order valence-electron chi connectivity index (χ2n) is 3.93. The maximum atomic E-state index is 10.9. The Labute approximate surface area is 117 Å². The molecule has 0 fully saturated rings. The van der Waals surface area contributed by atoms with Gasteiger partial charge in [-0.2, -0.15) is 5.26 Å². The largest absolute Gasteiger partial charge is 0.335 e. The van der Waals surface area contributed by atoms with Crippen LogP contribution in [0.3, 0.4) is 0 Å². The minimum atomic E-state index is -0.411. The van der Waals surface area contributed by atoms with Gasteiger partial charge in [-0.05, 0) is 42.5 Å². The monoisotopic (exact) mass is 355 g/mol. The van der Waals surface area contributed by atoms with Gasteiger partial charge in [0.1, 0.15) is 6.07 Å². The van der Waals surface area contributed by atoms with E-state index in [1.165, 1.54) is 6.07 Å². The van der Waals surface area contributed by atoms with Crippen LogP contribution in [-0.4, -0.2) is 9.49 Å². The van der Waals surface area contributed by atoms with Crippen LogP contribution in [0.15, 0.2) is 12.1 Å². The fourth-order valence-electron chi connectivity index (χ4n) is 2.07. The summed E-state index contributed by atoms with van der Waals surface area (Å²) in [6.07, 6.45) is 0. The average Bonchev–Trinajstić information content (AvgIpc) is 2.58. The number of nitro groups is 1. The van der Waals surface area contributed by atoms with E-state index in [9.17, 15) is 15.4 Å². The van der Waals surface area contributed by atoms with Gasteiger partial charge in [-0.1, -0.05) is 0 Å². The molecule has 0 saturated heterocycles. The van der Waals surface area contributed by atoms with Crippen molar-refractivity contribution in [3.05, 3.63) is 37.1 Å². The highest BCUT2D eigenvalue weighted by molar-refractivity contribution is 14.1. The number of nitro benzene ring substituents is 1. The summed E-state index contributed by atoms with van der Waals surface area (Å²) in [4.78, 5) is 10.5. The molecule has 1 heterocycles. The van der Waals surface area contributed by atoms with Gasteiger partial charge in [0.2, 0.25) is 0 Å². The lowest BCUT2D eigenvalue weighted by Crippen LogP contribution is -1.97. The van der Waals surface area contributed by atoms with Crippen molar-refractivity contribution in [2.45, 2.75) is 20.4 Å². The number of rotatable bonds is 2. The first kappa shape index (κ1) is 12.8. The molecular weight excluding hydrogens is 345 g/mol. The van der Waals surface area contributed by atoms with Gasteiger partial charge in [0.25, 0.3) is 5.69 Å². The number of hydrogen-bond donors (Lipinski definition) is 0. The van der Waals surface area contributed by atoms with Gasteiger partial charge in [0.05, 0.1) is 19.7 Å². The molecule has 5 nitrogen and oxygen atoms in total. The third-order valence-electron chi connectivity index (χ3n) is 2.94. The molecule has 6 heteroatoms. The summed E-state index contributed by atoms with van der Waals surface area (Å²) in [5.41, 5.74) is 2.06. The van der Waals surface area contributed by atoms with Gasteiger partial charge < -0.3 is 4.57 Å². The number of fused-ring (bicyclic) bond motifs is 1. The van der Waals surface area contributed by atoms with Crippen molar-refractivity contribution in [3.63, 3.8) is 0 Å². The molecule has 0 aliphatic rings. The molecule has 0 aliphatic carbocycles. The van der Waals surface area contributed by atoms with Crippen LogP contribution in [0.4, 0.5) is 5.69 Å². The predicted octanol–water partition coefficient (Wildman–Crippen LogP) is 3.35. The summed E-state index contributed by atoms with van der Waals surface area (Å²) in [6, 6.07) is 5.40. The van der Waals surface area contributed by atoms with Crippen molar-refractivity contribution in [1.82, 2.24) is 4.57 Å². The summed E-state index contributed by atoms with van der Waals surface area (Å²) in [5.74, 6) is 0. The number of aryl methyl sites for hydroxylation is 2. The number of aromatic nitrogens is 1. The third-order valence-corrected chi connectivity index (χ3v) is 4.06. The van der Waals surface area contributed by atoms with Gasteiger partial charge in [0.15, 0.2) is 0 Å². The fraction of sp³-hybridized carbons (Fsp3) is 0.250. The van der Waals surface area contributed by atoms with Gasteiger partial charge in [-0.25, -0.2) is 0 Å². The van der Waals surface area contributed by atoms with Crippen molar-refractivity contribution in [2.24, 2.45) is 0 Å². The van der Waals surface area contributed by atoms with Gasteiger partial charge in [-0.3, -0.25) is 10.1 Å². The minimum absolute atomic E-state index is 0.0589. The fourth-order valence-corrected chi connectivity index (χ4v) is 3.08. The van der Waals surface area contributed by atoms with E-state index in [0.717, 1.165) is 15.8 Å². The Morgan fingerprint density at radius 3 is 2.72 bits per heavy atom. The van der Waals surface area contributed by atoms with E-state index in [-0.39, 0.29) is 5.69 Å². The van der Waals surface area contributed by atoms with Crippen molar-refractivity contribution < 1.29 is 4.92 Å². The number of nitriles is 1. The summed E-state index contributed by atoms with van der Waals surface area (Å²) >= 11 is 2.11. The summed E-state index contributed by atoms with van der Waals surface area (Å²) in [7, 11) is 0. The van der Waals surface area contributed by atoms with Crippen LogP contribution >= 0.6 is 22.6 Å². The normalized spacial score (nSPS) is 10.6. The Balaban J connectivity index is 2.94. The zero-order valence-electron chi connectivity index (χ0n) is 9.90. The molecule has 2 rings (SSSR count). The minimum Gasteiger partial charge on any atom is -0.335 e.